The van der Waals surface area contributed by atoms with Gasteiger partial charge in [0.25, 0.3) is 0 Å². The van der Waals surface area contributed by atoms with Crippen LogP contribution >= 0.6 is 67.8 Å². The Morgan fingerprint density at radius 2 is 1.87 bits per heavy atom. The van der Waals surface area contributed by atoms with Crippen LogP contribution in [0.5, 0.6) is 0 Å². The van der Waals surface area contributed by atoms with Crippen molar-refractivity contribution in [2.45, 2.75) is 46.0 Å². The van der Waals surface area contributed by atoms with E-state index in [2.05, 4.69) is 80.0 Å². The summed E-state index contributed by atoms with van der Waals surface area (Å²) >= 11 is 6.76. The van der Waals surface area contributed by atoms with Crippen LogP contribution in [0.1, 0.15) is 45.1 Å². The van der Waals surface area contributed by atoms with Crippen molar-refractivity contribution in [1.82, 2.24) is 0 Å². The van der Waals surface area contributed by atoms with Crippen LogP contribution in [0.2, 0.25) is 0 Å². The summed E-state index contributed by atoms with van der Waals surface area (Å²) in [5.41, 5.74) is 7.52. The minimum atomic E-state index is -0.243. The Hall–Kier alpha value is 0.350. The van der Waals surface area contributed by atoms with Crippen molar-refractivity contribution in [3.05, 3.63) is 22.3 Å². The zero-order valence-corrected chi connectivity index (χ0v) is 19.7. The number of benzene rings is 1. The summed E-state index contributed by atoms with van der Waals surface area (Å²) in [6.45, 7) is 3.64. The Balaban J connectivity index is 3.09. The first-order chi connectivity index (χ1) is 10.8. The molecule has 0 fully saturated rings. The summed E-state index contributed by atoms with van der Waals surface area (Å²) < 4.78 is 3.10. The van der Waals surface area contributed by atoms with E-state index in [1.165, 1.54) is 6.92 Å². The van der Waals surface area contributed by atoms with E-state index in [9.17, 15) is 9.59 Å². The van der Waals surface area contributed by atoms with Crippen molar-refractivity contribution in [2.75, 3.05) is 5.32 Å². The van der Waals surface area contributed by atoms with E-state index in [0.717, 1.165) is 47.6 Å². The van der Waals surface area contributed by atoms with Crippen LogP contribution in [0.4, 0.5) is 5.69 Å². The average molecular weight is 654 g/mol. The predicted octanol–water partition coefficient (Wildman–Crippen LogP) is 4.68. The fourth-order valence-corrected chi connectivity index (χ4v) is 6.42. The van der Waals surface area contributed by atoms with Crippen molar-refractivity contribution >= 4 is 85.3 Å². The second kappa shape index (κ2) is 10.4. The number of nitrogens with two attached hydrogens (primary N) is 1. The standard InChI is InChI=1S/C16H21I3N2O2/c1-3-4-5-6-10(16(20)23)7-11-12(17)8-13(18)15(14(11)19)21-9(2)22/h8,10H,3-7H2,1-2H3,(H2,20,23)(H,21,22). The number of unbranched alkanes of at least 4 members (excludes halogenated alkanes) is 2. The predicted molar refractivity (Wildman–Crippen MR) is 119 cm³/mol. The molecule has 128 valence electrons. The zero-order valence-electron chi connectivity index (χ0n) is 13.2. The first-order valence-electron chi connectivity index (χ1n) is 7.51. The molecule has 1 rings (SSSR count). The molecule has 0 saturated heterocycles. The number of primary amides is 1. The third kappa shape index (κ3) is 6.63. The lowest BCUT2D eigenvalue weighted by Gasteiger charge is -2.19. The van der Waals surface area contributed by atoms with Gasteiger partial charge in [-0.2, -0.15) is 0 Å². The molecule has 1 aromatic carbocycles. The number of halogens is 3. The number of nitrogens with one attached hydrogen (secondary N) is 1. The molecule has 1 aromatic rings. The monoisotopic (exact) mass is 654 g/mol. The van der Waals surface area contributed by atoms with Gasteiger partial charge in [0.2, 0.25) is 11.8 Å². The largest absolute Gasteiger partial charge is 0.369 e. The highest BCUT2D eigenvalue weighted by atomic mass is 127. The fraction of sp³-hybridized carbons (Fsp3) is 0.500. The Kier molecular flexibility index (Phi) is 9.64. The van der Waals surface area contributed by atoms with Crippen molar-refractivity contribution < 1.29 is 9.59 Å². The van der Waals surface area contributed by atoms with Crippen molar-refractivity contribution in [2.24, 2.45) is 11.7 Å². The highest BCUT2D eigenvalue weighted by Gasteiger charge is 2.21. The number of rotatable bonds is 8. The van der Waals surface area contributed by atoms with Gasteiger partial charge in [-0.1, -0.05) is 26.2 Å². The molecule has 0 bridgehead atoms. The van der Waals surface area contributed by atoms with E-state index in [4.69, 9.17) is 5.73 Å². The molecule has 4 nitrogen and oxygen atoms in total. The second-order valence-electron chi connectivity index (χ2n) is 5.49. The van der Waals surface area contributed by atoms with Crippen LogP contribution in [0.3, 0.4) is 0 Å². The van der Waals surface area contributed by atoms with Gasteiger partial charge in [-0.3, -0.25) is 9.59 Å². The molecule has 1 atom stereocenters. The first-order valence-corrected chi connectivity index (χ1v) is 10.7. The van der Waals surface area contributed by atoms with Gasteiger partial charge < -0.3 is 11.1 Å². The summed E-state index contributed by atoms with van der Waals surface area (Å²) in [6, 6.07) is 2.04. The van der Waals surface area contributed by atoms with Crippen LogP contribution in [0.15, 0.2) is 6.07 Å². The lowest BCUT2D eigenvalue weighted by Crippen LogP contribution is -2.26. The molecule has 0 spiro atoms. The lowest BCUT2D eigenvalue weighted by atomic mass is 9.93. The maximum Gasteiger partial charge on any atom is 0.221 e. The van der Waals surface area contributed by atoms with E-state index < -0.39 is 0 Å². The van der Waals surface area contributed by atoms with Gasteiger partial charge in [-0.25, -0.2) is 0 Å². The van der Waals surface area contributed by atoms with Gasteiger partial charge in [0.05, 0.1) is 5.69 Å². The van der Waals surface area contributed by atoms with Gasteiger partial charge in [-0.05, 0) is 92.2 Å². The Labute approximate surface area is 178 Å². The molecule has 0 radical (unpaired) electrons. The van der Waals surface area contributed by atoms with Crippen molar-refractivity contribution in [1.29, 1.82) is 0 Å². The molecule has 0 saturated carbocycles. The molecule has 3 N–H and O–H groups in total. The van der Waals surface area contributed by atoms with Gasteiger partial charge in [0.15, 0.2) is 0 Å². The average Bonchev–Trinajstić information content (AvgIpc) is 2.45. The Morgan fingerprint density at radius 3 is 2.39 bits per heavy atom. The molecule has 0 aliphatic carbocycles. The van der Waals surface area contributed by atoms with Crippen molar-refractivity contribution in [3.8, 4) is 0 Å². The summed E-state index contributed by atoms with van der Waals surface area (Å²) in [7, 11) is 0. The summed E-state index contributed by atoms with van der Waals surface area (Å²) in [5, 5.41) is 2.89. The molecular formula is C16H21I3N2O2. The topological polar surface area (TPSA) is 72.2 Å². The van der Waals surface area contributed by atoms with Crippen LogP contribution in [0, 0.1) is 16.6 Å². The molecule has 1 unspecified atom stereocenters. The molecule has 0 aliphatic heterocycles. The van der Waals surface area contributed by atoms with E-state index in [1.807, 2.05) is 6.07 Å². The number of amides is 2. The smallest absolute Gasteiger partial charge is 0.221 e. The normalized spacial score (nSPS) is 12.0. The Bertz CT molecular complexity index is 591. The molecule has 2 amide bonds. The second-order valence-corrected chi connectivity index (χ2v) is 8.89. The van der Waals surface area contributed by atoms with E-state index in [1.54, 1.807) is 0 Å². The molecule has 7 heteroatoms. The first kappa shape index (κ1) is 21.4. The number of carbonyl (C=O) groups is 2. The van der Waals surface area contributed by atoms with Crippen LogP contribution < -0.4 is 11.1 Å². The van der Waals surface area contributed by atoms with E-state index in [-0.39, 0.29) is 17.7 Å². The van der Waals surface area contributed by atoms with Gasteiger partial charge in [0.1, 0.15) is 0 Å². The van der Waals surface area contributed by atoms with Crippen LogP contribution in [-0.4, -0.2) is 11.8 Å². The molecule has 23 heavy (non-hydrogen) atoms. The van der Waals surface area contributed by atoms with Gasteiger partial charge in [0, 0.05) is 23.6 Å². The van der Waals surface area contributed by atoms with E-state index in [0.29, 0.717) is 6.42 Å². The maximum absolute atomic E-state index is 11.8. The third-order valence-electron chi connectivity index (χ3n) is 3.58. The molecule has 0 heterocycles. The SMILES string of the molecule is CCCCCC(Cc1c(I)cc(I)c(NC(C)=O)c1I)C(N)=O. The number of carbonyl (C=O) groups excluding carboxylic acids is 2. The Morgan fingerprint density at radius 1 is 1.22 bits per heavy atom. The highest BCUT2D eigenvalue weighted by molar-refractivity contribution is 14.1. The third-order valence-corrected chi connectivity index (χ3v) is 6.58. The summed E-state index contributed by atoms with van der Waals surface area (Å²) in [6.07, 6.45) is 4.69. The van der Waals surface area contributed by atoms with Gasteiger partial charge >= 0.3 is 0 Å². The van der Waals surface area contributed by atoms with Crippen LogP contribution in [0.25, 0.3) is 0 Å². The fourth-order valence-electron chi connectivity index (χ4n) is 2.34. The number of hydrogen-bond donors (Lipinski definition) is 2. The molecular weight excluding hydrogens is 633 g/mol. The lowest BCUT2D eigenvalue weighted by molar-refractivity contribution is -0.122. The van der Waals surface area contributed by atoms with E-state index >= 15 is 0 Å². The molecule has 0 aromatic heterocycles. The minimum Gasteiger partial charge on any atom is -0.369 e. The zero-order chi connectivity index (χ0) is 17.6. The maximum atomic E-state index is 11.8. The summed E-state index contributed by atoms with van der Waals surface area (Å²) in [4.78, 5) is 23.2. The quantitative estimate of drug-likeness (QED) is 0.316. The highest BCUT2D eigenvalue weighted by Crippen LogP contribution is 2.33. The molecule has 0 aliphatic rings. The number of anilines is 1. The summed E-state index contributed by atoms with van der Waals surface area (Å²) in [5.74, 6) is -0.497. The number of hydrogen-bond acceptors (Lipinski definition) is 2. The minimum absolute atomic E-state index is 0.0950. The van der Waals surface area contributed by atoms with Crippen LogP contribution in [-0.2, 0) is 16.0 Å². The van der Waals surface area contributed by atoms with Crippen molar-refractivity contribution in [3.63, 3.8) is 0 Å². The van der Waals surface area contributed by atoms with Gasteiger partial charge in [-0.15, -0.1) is 0 Å².